The van der Waals surface area contributed by atoms with Crippen LogP contribution < -0.4 is 9.47 Å². The van der Waals surface area contributed by atoms with Gasteiger partial charge >= 0.3 is 0 Å². The van der Waals surface area contributed by atoms with Crippen LogP contribution in [-0.4, -0.2) is 48.9 Å². The molecule has 1 N–H and O–H groups in total. The molecule has 6 heteroatoms. The number of thiazole rings is 1. The molecule has 2 heterocycles. The topological polar surface area (TPSA) is 54.8 Å². The number of nitrogens with zero attached hydrogens (tertiary/aromatic N) is 2. The van der Waals surface area contributed by atoms with Crippen LogP contribution in [0.1, 0.15) is 18.5 Å². The van der Waals surface area contributed by atoms with E-state index in [-0.39, 0.29) is 0 Å². The number of piperidine rings is 1. The molecule has 0 radical (unpaired) electrons. The van der Waals surface area contributed by atoms with Crippen LogP contribution in [0, 0.1) is 5.92 Å². The first-order valence-corrected chi connectivity index (χ1v) is 9.11. The highest BCUT2D eigenvalue weighted by atomic mass is 32.1. The number of ether oxygens (including phenoxy) is 2. The summed E-state index contributed by atoms with van der Waals surface area (Å²) in [4.78, 5) is 7.19. The van der Waals surface area contributed by atoms with Crippen LogP contribution in [0.3, 0.4) is 0 Å². The predicted octanol–water partition coefficient (Wildman–Crippen LogP) is 3.03. The van der Waals surface area contributed by atoms with Crippen LogP contribution >= 0.6 is 11.3 Å². The van der Waals surface area contributed by atoms with E-state index in [1.807, 2.05) is 18.2 Å². The van der Waals surface area contributed by atoms with Crippen molar-refractivity contribution in [3.8, 4) is 22.1 Å². The van der Waals surface area contributed by atoms with Gasteiger partial charge in [0.05, 0.1) is 19.9 Å². The first-order chi connectivity index (χ1) is 11.7. The normalized spacial score (nSPS) is 16.3. The van der Waals surface area contributed by atoms with Crippen molar-refractivity contribution in [3.63, 3.8) is 0 Å². The van der Waals surface area contributed by atoms with Crippen LogP contribution in [-0.2, 0) is 6.54 Å². The van der Waals surface area contributed by atoms with E-state index in [1.54, 1.807) is 25.6 Å². The van der Waals surface area contributed by atoms with E-state index in [4.69, 9.17) is 14.5 Å². The van der Waals surface area contributed by atoms with E-state index in [9.17, 15) is 5.11 Å². The van der Waals surface area contributed by atoms with Gasteiger partial charge < -0.3 is 14.6 Å². The maximum absolute atomic E-state index is 9.23. The second-order valence-electron chi connectivity index (χ2n) is 6.12. The fourth-order valence-electron chi connectivity index (χ4n) is 3.04. The van der Waals surface area contributed by atoms with Crippen molar-refractivity contribution in [2.24, 2.45) is 5.92 Å². The maximum atomic E-state index is 9.23. The van der Waals surface area contributed by atoms with E-state index in [1.165, 1.54) is 0 Å². The Bertz CT molecular complexity index is 666. The lowest BCUT2D eigenvalue weighted by atomic mass is 9.98. The number of hydrogen-bond donors (Lipinski definition) is 1. The highest BCUT2D eigenvalue weighted by molar-refractivity contribution is 7.13. The minimum absolute atomic E-state index is 0.313. The number of aromatic nitrogens is 1. The number of benzene rings is 1. The lowest BCUT2D eigenvalue weighted by Crippen LogP contribution is -2.34. The summed E-state index contributed by atoms with van der Waals surface area (Å²) in [7, 11) is 3.28. The van der Waals surface area contributed by atoms with Crippen molar-refractivity contribution in [3.05, 3.63) is 29.3 Å². The van der Waals surface area contributed by atoms with Gasteiger partial charge in [-0.2, -0.15) is 0 Å². The Balaban J connectivity index is 1.67. The summed E-state index contributed by atoms with van der Waals surface area (Å²) in [5.41, 5.74) is 2.15. The zero-order valence-electron chi connectivity index (χ0n) is 14.2. The summed E-state index contributed by atoms with van der Waals surface area (Å²) < 4.78 is 10.7. The van der Waals surface area contributed by atoms with Crippen molar-refractivity contribution < 1.29 is 14.6 Å². The molecule has 0 atom stereocenters. The van der Waals surface area contributed by atoms with Crippen molar-refractivity contribution in [1.82, 2.24) is 9.88 Å². The molecule has 3 rings (SSSR count). The zero-order valence-corrected chi connectivity index (χ0v) is 15.0. The number of aliphatic hydroxyl groups is 1. The number of methoxy groups -OCH3 is 2. The van der Waals surface area contributed by atoms with Crippen LogP contribution in [0.15, 0.2) is 23.6 Å². The van der Waals surface area contributed by atoms with Gasteiger partial charge in [0.15, 0.2) is 11.5 Å². The highest BCUT2D eigenvalue weighted by Gasteiger charge is 2.19. The summed E-state index contributed by atoms with van der Waals surface area (Å²) in [5, 5.41) is 12.4. The van der Waals surface area contributed by atoms with Crippen molar-refractivity contribution in [2.45, 2.75) is 19.4 Å². The van der Waals surface area contributed by atoms with Gasteiger partial charge in [0.25, 0.3) is 0 Å². The molecule has 0 spiro atoms. The molecule has 2 aromatic rings. The SMILES string of the molecule is COc1ccc(-c2nc(CN3CCC(CO)CC3)cs2)cc1OC. The molecular formula is C18H24N2O3S. The molecule has 130 valence electrons. The third-order valence-electron chi connectivity index (χ3n) is 4.53. The lowest BCUT2D eigenvalue weighted by Gasteiger charge is -2.30. The smallest absolute Gasteiger partial charge is 0.161 e. The molecule has 1 aliphatic heterocycles. The molecule has 0 amide bonds. The minimum Gasteiger partial charge on any atom is -0.493 e. The number of rotatable bonds is 6. The summed E-state index contributed by atoms with van der Waals surface area (Å²) >= 11 is 1.65. The third kappa shape index (κ3) is 3.88. The highest BCUT2D eigenvalue weighted by Crippen LogP contribution is 2.33. The average Bonchev–Trinajstić information content (AvgIpc) is 3.10. The summed E-state index contributed by atoms with van der Waals surface area (Å²) in [6.07, 6.45) is 2.15. The van der Waals surface area contributed by atoms with Gasteiger partial charge in [-0.25, -0.2) is 4.98 Å². The number of aliphatic hydroxyl groups excluding tert-OH is 1. The molecular weight excluding hydrogens is 324 g/mol. The van der Waals surface area contributed by atoms with Gasteiger partial charge in [-0.3, -0.25) is 4.90 Å². The van der Waals surface area contributed by atoms with Crippen LogP contribution in [0.25, 0.3) is 10.6 Å². The Morgan fingerprint density at radius 1 is 1.21 bits per heavy atom. The average molecular weight is 348 g/mol. The van der Waals surface area contributed by atoms with Crippen molar-refractivity contribution >= 4 is 11.3 Å². The van der Waals surface area contributed by atoms with E-state index >= 15 is 0 Å². The second-order valence-corrected chi connectivity index (χ2v) is 6.97. The van der Waals surface area contributed by atoms with Gasteiger partial charge in [-0.1, -0.05) is 0 Å². The molecule has 0 unspecified atom stereocenters. The standard InChI is InChI=1S/C18H24N2O3S/c1-22-16-4-3-14(9-17(16)23-2)18-19-15(12-24-18)10-20-7-5-13(11-21)6-8-20/h3-4,9,12-13,21H,5-8,10-11H2,1-2H3. The van der Waals surface area contributed by atoms with E-state index in [0.29, 0.717) is 12.5 Å². The van der Waals surface area contributed by atoms with Gasteiger partial charge in [-0.15, -0.1) is 11.3 Å². The van der Waals surface area contributed by atoms with E-state index in [2.05, 4.69) is 10.3 Å². The molecule has 1 aromatic heterocycles. The Hall–Kier alpha value is -1.63. The van der Waals surface area contributed by atoms with Gasteiger partial charge in [0.1, 0.15) is 5.01 Å². The molecule has 0 aliphatic carbocycles. The molecule has 1 aromatic carbocycles. The van der Waals surface area contributed by atoms with E-state index in [0.717, 1.165) is 60.2 Å². The Labute approximate surface area is 146 Å². The van der Waals surface area contributed by atoms with Crippen LogP contribution in [0.2, 0.25) is 0 Å². The maximum Gasteiger partial charge on any atom is 0.161 e. The van der Waals surface area contributed by atoms with E-state index < -0.39 is 0 Å². The van der Waals surface area contributed by atoms with Gasteiger partial charge in [0.2, 0.25) is 0 Å². The summed E-state index contributed by atoms with van der Waals surface area (Å²) in [6.45, 7) is 3.26. The van der Waals surface area contributed by atoms with Crippen LogP contribution in [0.4, 0.5) is 0 Å². The number of likely N-dealkylation sites (tertiary alicyclic amines) is 1. The summed E-state index contributed by atoms with van der Waals surface area (Å²) in [6, 6.07) is 5.89. The quantitative estimate of drug-likeness (QED) is 0.870. The molecule has 1 fully saturated rings. The van der Waals surface area contributed by atoms with Gasteiger partial charge in [-0.05, 0) is 50.0 Å². The molecule has 5 nitrogen and oxygen atoms in total. The number of hydrogen-bond acceptors (Lipinski definition) is 6. The fraction of sp³-hybridized carbons (Fsp3) is 0.500. The Morgan fingerprint density at radius 3 is 2.62 bits per heavy atom. The molecule has 1 saturated heterocycles. The zero-order chi connectivity index (χ0) is 16.9. The first-order valence-electron chi connectivity index (χ1n) is 8.23. The third-order valence-corrected chi connectivity index (χ3v) is 5.47. The molecule has 24 heavy (non-hydrogen) atoms. The first kappa shape index (κ1) is 17.2. The Kier molecular flexibility index (Phi) is 5.71. The Morgan fingerprint density at radius 2 is 1.96 bits per heavy atom. The van der Waals surface area contributed by atoms with Crippen molar-refractivity contribution in [1.29, 1.82) is 0 Å². The van der Waals surface area contributed by atoms with Gasteiger partial charge in [0, 0.05) is 24.1 Å². The largest absolute Gasteiger partial charge is 0.493 e. The van der Waals surface area contributed by atoms with Crippen LogP contribution in [0.5, 0.6) is 11.5 Å². The monoisotopic (exact) mass is 348 g/mol. The van der Waals surface area contributed by atoms with Crippen molar-refractivity contribution in [2.75, 3.05) is 33.9 Å². The molecule has 1 aliphatic rings. The second kappa shape index (κ2) is 7.96. The summed E-state index contributed by atoms with van der Waals surface area (Å²) in [5.74, 6) is 1.92. The lowest BCUT2D eigenvalue weighted by molar-refractivity contribution is 0.126. The molecule has 0 saturated carbocycles. The predicted molar refractivity (Wildman–Crippen MR) is 95.7 cm³/mol. The minimum atomic E-state index is 0.313. The molecule has 0 bridgehead atoms. The fourth-order valence-corrected chi connectivity index (χ4v) is 3.85.